The Morgan fingerprint density at radius 1 is 1.21 bits per heavy atom. The number of ether oxygens (including phenoxy) is 1. The summed E-state index contributed by atoms with van der Waals surface area (Å²) >= 11 is 11.6. The largest absolute Gasteiger partial charge is 0.454 e. The fourth-order valence-corrected chi connectivity index (χ4v) is 2.37. The summed E-state index contributed by atoms with van der Waals surface area (Å²) in [6, 6.07) is 4.29. The van der Waals surface area contributed by atoms with E-state index in [9.17, 15) is 19.2 Å². The van der Waals surface area contributed by atoms with Crippen LogP contribution in [0.25, 0.3) is 0 Å². The summed E-state index contributed by atoms with van der Waals surface area (Å²) in [5, 5.41) is 2.86. The second-order valence-corrected chi connectivity index (χ2v) is 5.83. The highest BCUT2D eigenvalue weighted by Gasteiger charge is 2.26. The first-order valence-corrected chi connectivity index (χ1v) is 7.86. The summed E-state index contributed by atoms with van der Waals surface area (Å²) in [6.07, 6.45) is 0.928. The van der Waals surface area contributed by atoms with Crippen LogP contribution in [-0.4, -0.2) is 48.3 Å². The van der Waals surface area contributed by atoms with Gasteiger partial charge in [-0.15, -0.1) is 0 Å². The van der Waals surface area contributed by atoms with Gasteiger partial charge in [-0.3, -0.25) is 24.1 Å². The molecule has 1 aromatic carbocycles. The zero-order valence-electron chi connectivity index (χ0n) is 12.5. The van der Waals surface area contributed by atoms with E-state index in [-0.39, 0.29) is 16.5 Å². The van der Waals surface area contributed by atoms with E-state index in [1.165, 1.54) is 18.2 Å². The number of likely N-dealkylation sites (tertiary alicyclic amines) is 1. The van der Waals surface area contributed by atoms with Crippen LogP contribution in [0, 0.1) is 0 Å². The molecule has 128 valence electrons. The van der Waals surface area contributed by atoms with E-state index in [2.05, 4.69) is 5.32 Å². The van der Waals surface area contributed by atoms with Gasteiger partial charge in [-0.1, -0.05) is 23.2 Å². The van der Waals surface area contributed by atoms with Crippen molar-refractivity contribution in [1.82, 2.24) is 10.2 Å². The van der Waals surface area contributed by atoms with Gasteiger partial charge in [0.1, 0.15) is 6.54 Å². The van der Waals surface area contributed by atoms with Crippen LogP contribution in [0.1, 0.15) is 23.2 Å². The van der Waals surface area contributed by atoms with E-state index in [4.69, 9.17) is 27.9 Å². The number of nitrogens with one attached hydrogen (secondary N) is 1. The van der Waals surface area contributed by atoms with Crippen molar-refractivity contribution in [3.8, 4) is 0 Å². The van der Waals surface area contributed by atoms with Crippen molar-refractivity contribution < 1.29 is 23.9 Å². The number of nitrogens with zero attached hydrogens (tertiary/aromatic N) is 1. The smallest absolute Gasteiger partial charge is 0.325 e. The number of halogens is 2. The number of amides is 3. The summed E-state index contributed by atoms with van der Waals surface area (Å²) in [4.78, 5) is 47.6. The van der Waals surface area contributed by atoms with Gasteiger partial charge >= 0.3 is 5.97 Å². The Balaban J connectivity index is 1.76. The molecule has 0 aliphatic carbocycles. The molecule has 0 unspecified atom stereocenters. The predicted molar refractivity (Wildman–Crippen MR) is 85.7 cm³/mol. The van der Waals surface area contributed by atoms with E-state index in [1.807, 2.05) is 0 Å². The van der Waals surface area contributed by atoms with Gasteiger partial charge in [0.25, 0.3) is 11.8 Å². The van der Waals surface area contributed by atoms with Gasteiger partial charge in [-0.25, -0.2) is 0 Å². The van der Waals surface area contributed by atoms with Gasteiger partial charge in [-0.05, 0) is 24.6 Å². The summed E-state index contributed by atoms with van der Waals surface area (Å²) in [5.41, 5.74) is 0.232. The standard InChI is InChI=1S/C15H14Cl2N2O5/c16-10-4-3-9(6-11(10)17)15(23)18-7-14(22)24-8-13(21)19-5-1-2-12(19)20/h3-4,6H,1-2,5,7-8H2,(H,18,23). The SMILES string of the molecule is O=C(CNC(=O)c1ccc(Cl)c(Cl)c1)OCC(=O)N1CCCC1=O. The Bertz CT molecular complexity index is 692. The summed E-state index contributed by atoms with van der Waals surface area (Å²) in [7, 11) is 0. The maximum Gasteiger partial charge on any atom is 0.325 e. The minimum absolute atomic E-state index is 0.216. The van der Waals surface area contributed by atoms with Crippen LogP contribution in [0.2, 0.25) is 10.0 Å². The Morgan fingerprint density at radius 2 is 1.96 bits per heavy atom. The third-order valence-corrected chi connectivity index (χ3v) is 4.05. The lowest BCUT2D eigenvalue weighted by atomic mass is 10.2. The maximum atomic E-state index is 11.9. The molecule has 1 N–H and O–H groups in total. The molecule has 7 nitrogen and oxygen atoms in total. The van der Waals surface area contributed by atoms with Gasteiger partial charge in [0.05, 0.1) is 10.0 Å². The van der Waals surface area contributed by atoms with Crippen LogP contribution in [0.15, 0.2) is 18.2 Å². The van der Waals surface area contributed by atoms with Gasteiger partial charge in [0.2, 0.25) is 5.91 Å². The average Bonchev–Trinajstić information content (AvgIpc) is 2.99. The van der Waals surface area contributed by atoms with E-state index in [1.54, 1.807) is 0 Å². The fraction of sp³-hybridized carbons (Fsp3) is 0.333. The highest BCUT2D eigenvalue weighted by molar-refractivity contribution is 6.42. The van der Waals surface area contributed by atoms with Crippen molar-refractivity contribution in [3.05, 3.63) is 33.8 Å². The van der Waals surface area contributed by atoms with Crippen LogP contribution >= 0.6 is 23.2 Å². The quantitative estimate of drug-likeness (QED) is 0.788. The summed E-state index contributed by atoms with van der Waals surface area (Å²) < 4.78 is 4.75. The van der Waals surface area contributed by atoms with Crippen LogP contribution in [0.5, 0.6) is 0 Å². The zero-order valence-corrected chi connectivity index (χ0v) is 14.0. The first kappa shape index (κ1) is 18.2. The number of imide groups is 1. The van der Waals surface area contributed by atoms with E-state index >= 15 is 0 Å². The highest BCUT2D eigenvalue weighted by atomic mass is 35.5. The Morgan fingerprint density at radius 3 is 2.58 bits per heavy atom. The summed E-state index contributed by atoms with van der Waals surface area (Å²) in [6.45, 7) is -0.614. The molecule has 1 aliphatic rings. The van der Waals surface area contributed by atoms with Crippen LogP contribution in [0.4, 0.5) is 0 Å². The van der Waals surface area contributed by atoms with Crippen LogP contribution in [-0.2, 0) is 19.1 Å². The van der Waals surface area contributed by atoms with Crippen LogP contribution in [0.3, 0.4) is 0 Å². The molecule has 1 aromatic rings. The number of carbonyl (C=O) groups excluding carboxylic acids is 4. The number of rotatable bonds is 5. The lowest BCUT2D eigenvalue weighted by molar-refractivity contribution is -0.154. The lowest BCUT2D eigenvalue weighted by Gasteiger charge is -2.13. The van der Waals surface area contributed by atoms with E-state index in [0.29, 0.717) is 24.4 Å². The van der Waals surface area contributed by atoms with Crippen molar-refractivity contribution in [1.29, 1.82) is 0 Å². The molecular formula is C15H14Cl2N2O5. The molecule has 0 spiro atoms. The van der Waals surface area contributed by atoms with Crippen molar-refractivity contribution in [2.24, 2.45) is 0 Å². The van der Waals surface area contributed by atoms with Gasteiger partial charge in [0.15, 0.2) is 6.61 Å². The minimum atomic E-state index is -0.789. The normalized spacial score (nSPS) is 13.8. The number of carbonyl (C=O) groups is 4. The van der Waals surface area contributed by atoms with E-state index in [0.717, 1.165) is 4.90 Å². The molecule has 0 radical (unpaired) electrons. The molecule has 9 heteroatoms. The molecule has 1 heterocycles. The lowest BCUT2D eigenvalue weighted by Crippen LogP contribution is -2.37. The number of hydrogen-bond acceptors (Lipinski definition) is 5. The molecule has 3 amide bonds. The van der Waals surface area contributed by atoms with Gasteiger partial charge in [-0.2, -0.15) is 0 Å². The molecule has 24 heavy (non-hydrogen) atoms. The molecule has 0 aromatic heterocycles. The molecule has 1 aliphatic heterocycles. The van der Waals surface area contributed by atoms with Gasteiger partial charge < -0.3 is 10.1 Å². The topological polar surface area (TPSA) is 92.8 Å². The van der Waals surface area contributed by atoms with Crippen molar-refractivity contribution >= 4 is 46.9 Å². The first-order chi connectivity index (χ1) is 11.4. The molecular weight excluding hydrogens is 359 g/mol. The second kappa shape index (κ2) is 8.12. The number of esters is 1. The summed E-state index contributed by atoms with van der Waals surface area (Å²) in [5.74, 6) is -2.17. The van der Waals surface area contributed by atoms with E-state index < -0.39 is 30.9 Å². The maximum absolute atomic E-state index is 11.9. The Labute approximate surface area is 147 Å². The van der Waals surface area contributed by atoms with Crippen molar-refractivity contribution in [2.45, 2.75) is 12.8 Å². The molecule has 1 saturated heterocycles. The number of benzene rings is 1. The van der Waals surface area contributed by atoms with Crippen LogP contribution < -0.4 is 5.32 Å². The molecule has 2 rings (SSSR count). The number of hydrogen-bond donors (Lipinski definition) is 1. The Hall–Kier alpha value is -2.12. The van der Waals surface area contributed by atoms with Crippen molar-refractivity contribution in [3.63, 3.8) is 0 Å². The highest BCUT2D eigenvalue weighted by Crippen LogP contribution is 2.22. The fourth-order valence-electron chi connectivity index (χ4n) is 2.07. The Kier molecular flexibility index (Phi) is 6.16. The van der Waals surface area contributed by atoms with Crippen molar-refractivity contribution in [2.75, 3.05) is 19.7 Å². The molecule has 0 atom stereocenters. The third kappa shape index (κ3) is 4.69. The molecule has 0 saturated carbocycles. The monoisotopic (exact) mass is 372 g/mol. The zero-order chi connectivity index (χ0) is 17.7. The first-order valence-electron chi connectivity index (χ1n) is 7.10. The average molecular weight is 373 g/mol. The molecule has 0 bridgehead atoms. The minimum Gasteiger partial charge on any atom is -0.454 e. The molecule has 1 fully saturated rings. The third-order valence-electron chi connectivity index (χ3n) is 3.31. The second-order valence-electron chi connectivity index (χ2n) is 5.01. The predicted octanol–water partition coefficient (Wildman–Crippen LogP) is 1.42. The van der Waals surface area contributed by atoms with Gasteiger partial charge in [0, 0.05) is 18.5 Å².